The first kappa shape index (κ1) is 20.7. The fraction of sp³-hybridized carbons (Fsp3) is 0.364. The molecule has 0 radical (unpaired) electrons. The van der Waals surface area contributed by atoms with Crippen LogP contribution in [0, 0.1) is 0 Å². The molecular weight excluding hydrogens is 370 g/mol. The number of nitrogens with one attached hydrogen (secondary N) is 1. The smallest absolute Gasteiger partial charge is 0.254 e. The topological polar surface area (TPSA) is 71.1 Å². The highest BCUT2D eigenvalue weighted by molar-refractivity contribution is 5.96. The molecule has 1 heterocycles. The molecule has 0 spiro atoms. The summed E-state index contributed by atoms with van der Waals surface area (Å²) in [6.45, 7) is 5.82. The van der Waals surface area contributed by atoms with Crippen LogP contribution in [0.4, 0.5) is 5.69 Å². The maximum atomic E-state index is 12.8. The number of rotatable bonds is 7. The fourth-order valence-electron chi connectivity index (χ4n) is 3.25. The van der Waals surface area contributed by atoms with Gasteiger partial charge >= 0.3 is 0 Å². The number of benzene rings is 2. The van der Waals surface area contributed by atoms with E-state index in [1.54, 1.807) is 31.4 Å². The summed E-state index contributed by atoms with van der Waals surface area (Å²) in [6, 6.07) is 14.6. The fourth-order valence-corrected chi connectivity index (χ4v) is 3.25. The van der Waals surface area contributed by atoms with Crippen molar-refractivity contribution >= 4 is 17.5 Å². The molecule has 154 valence electrons. The summed E-state index contributed by atoms with van der Waals surface area (Å²) in [6.07, 6.45) is 0. The van der Waals surface area contributed by atoms with Crippen LogP contribution in [0.15, 0.2) is 48.5 Å². The Morgan fingerprint density at radius 3 is 2.34 bits per heavy atom. The van der Waals surface area contributed by atoms with E-state index in [0.717, 1.165) is 31.1 Å². The minimum Gasteiger partial charge on any atom is -0.497 e. The van der Waals surface area contributed by atoms with Gasteiger partial charge < -0.3 is 19.7 Å². The molecule has 1 N–H and O–H groups in total. The van der Waals surface area contributed by atoms with Gasteiger partial charge in [0.2, 0.25) is 5.91 Å². The second-order valence-corrected chi connectivity index (χ2v) is 6.92. The van der Waals surface area contributed by atoms with E-state index < -0.39 is 0 Å². The molecule has 2 amide bonds. The lowest BCUT2D eigenvalue weighted by Crippen LogP contribution is -2.49. The summed E-state index contributed by atoms with van der Waals surface area (Å²) in [5, 5.41) is 2.71. The molecule has 2 aromatic rings. The van der Waals surface area contributed by atoms with Crippen molar-refractivity contribution in [1.29, 1.82) is 0 Å². The Kier molecular flexibility index (Phi) is 7.08. The van der Waals surface area contributed by atoms with Crippen molar-refractivity contribution in [1.82, 2.24) is 9.80 Å². The minimum atomic E-state index is -0.153. The molecule has 1 fully saturated rings. The van der Waals surface area contributed by atoms with Gasteiger partial charge in [-0.25, -0.2) is 0 Å². The molecule has 1 saturated heterocycles. The Morgan fingerprint density at radius 1 is 1.00 bits per heavy atom. The van der Waals surface area contributed by atoms with Crippen molar-refractivity contribution < 1.29 is 19.1 Å². The van der Waals surface area contributed by atoms with E-state index in [1.807, 2.05) is 29.2 Å². The SMILES string of the molecule is COc1ccc(OCCN2CCN(C(=O)c3cccc(NC(C)=O)c3)CC2)cc1. The van der Waals surface area contributed by atoms with Crippen LogP contribution in [0.25, 0.3) is 0 Å². The van der Waals surface area contributed by atoms with E-state index in [9.17, 15) is 9.59 Å². The summed E-state index contributed by atoms with van der Waals surface area (Å²) >= 11 is 0. The quantitative estimate of drug-likeness (QED) is 0.777. The average Bonchev–Trinajstić information content (AvgIpc) is 2.74. The van der Waals surface area contributed by atoms with Gasteiger partial charge in [-0.05, 0) is 42.5 Å². The summed E-state index contributed by atoms with van der Waals surface area (Å²) < 4.78 is 10.9. The van der Waals surface area contributed by atoms with Crippen molar-refractivity contribution in [2.45, 2.75) is 6.92 Å². The van der Waals surface area contributed by atoms with Crippen LogP contribution >= 0.6 is 0 Å². The second kappa shape index (κ2) is 9.93. The number of hydrogen-bond acceptors (Lipinski definition) is 5. The molecular formula is C22H27N3O4. The molecule has 0 bridgehead atoms. The lowest BCUT2D eigenvalue weighted by molar-refractivity contribution is -0.114. The molecule has 0 aliphatic carbocycles. The van der Waals surface area contributed by atoms with Crippen LogP contribution in [-0.2, 0) is 4.79 Å². The van der Waals surface area contributed by atoms with Gasteiger partial charge in [-0.15, -0.1) is 0 Å². The predicted octanol–water partition coefficient (Wildman–Crippen LogP) is 2.49. The largest absolute Gasteiger partial charge is 0.497 e. The maximum absolute atomic E-state index is 12.8. The molecule has 1 aliphatic rings. The molecule has 2 aromatic carbocycles. The van der Waals surface area contributed by atoms with Gasteiger partial charge in [0, 0.05) is 50.9 Å². The standard InChI is InChI=1S/C22H27N3O4/c1-17(26)23-19-5-3-4-18(16-19)22(27)25-12-10-24(11-13-25)14-15-29-21-8-6-20(28-2)7-9-21/h3-9,16H,10-15H2,1-2H3,(H,23,26). The zero-order chi connectivity index (χ0) is 20.6. The zero-order valence-corrected chi connectivity index (χ0v) is 16.9. The maximum Gasteiger partial charge on any atom is 0.254 e. The number of carbonyl (C=O) groups excluding carboxylic acids is 2. The number of methoxy groups -OCH3 is 1. The van der Waals surface area contributed by atoms with E-state index in [1.165, 1.54) is 6.92 Å². The number of nitrogens with zero attached hydrogens (tertiary/aromatic N) is 2. The lowest BCUT2D eigenvalue weighted by Gasteiger charge is -2.34. The Balaban J connectivity index is 1.43. The molecule has 1 aliphatic heterocycles. The molecule has 3 rings (SSSR count). The van der Waals surface area contributed by atoms with Crippen LogP contribution in [0.2, 0.25) is 0 Å². The van der Waals surface area contributed by atoms with Gasteiger partial charge in [0.1, 0.15) is 18.1 Å². The summed E-state index contributed by atoms with van der Waals surface area (Å²) in [5.74, 6) is 1.46. The van der Waals surface area contributed by atoms with Crippen LogP contribution in [0.5, 0.6) is 11.5 Å². The molecule has 7 heteroatoms. The highest BCUT2D eigenvalue weighted by Gasteiger charge is 2.22. The third-order valence-corrected chi connectivity index (χ3v) is 4.83. The Morgan fingerprint density at radius 2 is 1.69 bits per heavy atom. The van der Waals surface area contributed by atoms with Gasteiger partial charge in [-0.3, -0.25) is 14.5 Å². The lowest BCUT2D eigenvalue weighted by atomic mass is 10.1. The van der Waals surface area contributed by atoms with Crippen molar-refractivity contribution in [2.75, 3.05) is 51.8 Å². The molecule has 0 atom stereocenters. The normalized spacial score (nSPS) is 14.3. The number of hydrogen-bond donors (Lipinski definition) is 1. The summed E-state index contributed by atoms with van der Waals surface area (Å²) in [7, 11) is 1.64. The molecule has 0 saturated carbocycles. The van der Waals surface area contributed by atoms with Crippen LogP contribution < -0.4 is 14.8 Å². The van der Waals surface area contributed by atoms with Crippen LogP contribution in [-0.4, -0.2) is 68.1 Å². The number of ether oxygens (including phenoxy) is 2. The number of amides is 2. The third-order valence-electron chi connectivity index (χ3n) is 4.83. The van der Waals surface area contributed by atoms with Gasteiger partial charge in [0.05, 0.1) is 7.11 Å². The first-order valence-corrected chi connectivity index (χ1v) is 9.71. The van der Waals surface area contributed by atoms with E-state index in [0.29, 0.717) is 30.9 Å². The van der Waals surface area contributed by atoms with Gasteiger partial charge in [-0.1, -0.05) is 6.07 Å². The van der Waals surface area contributed by atoms with E-state index in [2.05, 4.69) is 10.2 Å². The Bertz CT molecular complexity index is 830. The van der Waals surface area contributed by atoms with Crippen molar-refractivity contribution in [2.24, 2.45) is 0 Å². The van der Waals surface area contributed by atoms with Gasteiger partial charge in [-0.2, -0.15) is 0 Å². The van der Waals surface area contributed by atoms with E-state index in [-0.39, 0.29) is 11.8 Å². The highest BCUT2D eigenvalue weighted by Crippen LogP contribution is 2.17. The van der Waals surface area contributed by atoms with Crippen LogP contribution in [0.1, 0.15) is 17.3 Å². The molecule has 29 heavy (non-hydrogen) atoms. The summed E-state index contributed by atoms with van der Waals surface area (Å²) in [5.41, 5.74) is 1.23. The molecule has 7 nitrogen and oxygen atoms in total. The summed E-state index contributed by atoms with van der Waals surface area (Å²) in [4.78, 5) is 28.1. The van der Waals surface area contributed by atoms with Crippen molar-refractivity contribution in [3.8, 4) is 11.5 Å². The zero-order valence-electron chi connectivity index (χ0n) is 16.9. The van der Waals surface area contributed by atoms with Crippen molar-refractivity contribution in [3.05, 3.63) is 54.1 Å². The van der Waals surface area contributed by atoms with Crippen LogP contribution in [0.3, 0.4) is 0 Å². The van der Waals surface area contributed by atoms with Gasteiger partial charge in [0.25, 0.3) is 5.91 Å². The molecule has 0 unspecified atom stereocenters. The third kappa shape index (κ3) is 5.96. The Hall–Kier alpha value is -3.06. The second-order valence-electron chi connectivity index (χ2n) is 6.92. The highest BCUT2D eigenvalue weighted by atomic mass is 16.5. The minimum absolute atomic E-state index is 0.00802. The number of carbonyl (C=O) groups is 2. The Labute approximate surface area is 171 Å². The average molecular weight is 397 g/mol. The van der Waals surface area contributed by atoms with Crippen molar-refractivity contribution in [3.63, 3.8) is 0 Å². The first-order chi connectivity index (χ1) is 14.0. The van der Waals surface area contributed by atoms with Gasteiger partial charge in [0.15, 0.2) is 0 Å². The number of anilines is 1. The van der Waals surface area contributed by atoms with E-state index >= 15 is 0 Å². The number of piperazine rings is 1. The van der Waals surface area contributed by atoms with E-state index in [4.69, 9.17) is 9.47 Å². The predicted molar refractivity (Wildman–Crippen MR) is 112 cm³/mol. The monoisotopic (exact) mass is 397 g/mol. The first-order valence-electron chi connectivity index (χ1n) is 9.71. The molecule has 0 aromatic heterocycles.